The molecule has 0 saturated carbocycles. The van der Waals surface area contributed by atoms with Crippen LogP contribution in [0.5, 0.6) is 0 Å². The molecule has 0 aliphatic heterocycles. The number of hydrogen-bond donors (Lipinski definition) is 1. The summed E-state index contributed by atoms with van der Waals surface area (Å²) in [5.74, 6) is -0.705. The smallest absolute Gasteiger partial charge is 0.178 e. The SMILES string of the molecule is Cc1nc(CCN[C@@H](C)c2ccc(S(C)(=O)=O)c(F)c2)cs1. The third kappa shape index (κ3) is 4.34. The van der Waals surface area contributed by atoms with Gasteiger partial charge in [-0.05, 0) is 31.5 Å². The average Bonchev–Trinajstić information content (AvgIpc) is 2.82. The monoisotopic (exact) mass is 342 g/mol. The van der Waals surface area contributed by atoms with Crippen molar-refractivity contribution >= 4 is 21.2 Å². The largest absolute Gasteiger partial charge is 0.310 e. The van der Waals surface area contributed by atoms with Gasteiger partial charge in [-0.15, -0.1) is 11.3 Å². The molecule has 2 aromatic rings. The highest BCUT2D eigenvalue weighted by Crippen LogP contribution is 2.20. The van der Waals surface area contributed by atoms with Gasteiger partial charge in [0.25, 0.3) is 0 Å². The fourth-order valence-electron chi connectivity index (χ4n) is 2.14. The lowest BCUT2D eigenvalue weighted by atomic mass is 10.1. The molecule has 0 unspecified atom stereocenters. The highest BCUT2D eigenvalue weighted by Gasteiger charge is 2.15. The molecule has 1 aromatic heterocycles. The Labute approximate surface area is 134 Å². The number of nitrogens with zero attached hydrogens (tertiary/aromatic N) is 1. The van der Waals surface area contributed by atoms with Crippen molar-refractivity contribution in [2.75, 3.05) is 12.8 Å². The highest BCUT2D eigenvalue weighted by atomic mass is 32.2. The van der Waals surface area contributed by atoms with Gasteiger partial charge in [-0.2, -0.15) is 0 Å². The zero-order chi connectivity index (χ0) is 16.3. The van der Waals surface area contributed by atoms with Crippen molar-refractivity contribution in [2.24, 2.45) is 0 Å². The molecule has 0 spiro atoms. The van der Waals surface area contributed by atoms with E-state index in [4.69, 9.17) is 0 Å². The third-order valence-corrected chi connectivity index (χ3v) is 5.31. The van der Waals surface area contributed by atoms with Gasteiger partial charge in [0.15, 0.2) is 9.84 Å². The Bertz CT molecular complexity index is 757. The van der Waals surface area contributed by atoms with E-state index in [1.54, 1.807) is 17.4 Å². The number of halogens is 1. The standard InChI is InChI=1S/C15H19FN2O2S2/c1-10(17-7-6-13-9-21-11(2)18-13)12-4-5-15(14(16)8-12)22(3,19)20/h4-5,8-10,17H,6-7H2,1-3H3/t10-/m0/s1. The maximum Gasteiger partial charge on any atom is 0.178 e. The first-order chi connectivity index (χ1) is 10.3. The van der Waals surface area contributed by atoms with Gasteiger partial charge in [0.05, 0.1) is 10.7 Å². The predicted octanol–water partition coefficient (Wildman–Crippen LogP) is 2.89. The van der Waals surface area contributed by atoms with Crippen LogP contribution in [0.25, 0.3) is 0 Å². The highest BCUT2D eigenvalue weighted by molar-refractivity contribution is 7.90. The molecule has 0 bridgehead atoms. The number of nitrogens with one attached hydrogen (secondary N) is 1. The van der Waals surface area contributed by atoms with Crippen molar-refractivity contribution in [3.63, 3.8) is 0 Å². The Hall–Kier alpha value is -1.31. The van der Waals surface area contributed by atoms with Gasteiger partial charge >= 0.3 is 0 Å². The van der Waals surface area contributed by atoms with Gasteiger partial charge < -0.3 is 5.32 Å². The number of benzene rings is 1. The molecule has 0 fully saturated rings. The van der Waals surface area contributed by atoms with E-state index < -0.39 is 15.7 Å². The fraction of sp³-hybridized carbons (Fsp3) is 0.400. The first-order valence-corrected chi connectivity index (χ1v) is 9.68. The molecule has 0 amide bonds. The van der Waals surface area contributed by atoms with E-state index in [1.165, 1.54) is 12.1 Å². The van der Waals surface area contributed by atoms with Crippen LogP contribution >= 0.6 is 11.3 Å². The third-order valence-electron chi connectivity index (χ3n) is 3.35. The molecule has 2 rings (SSSR count). The average molecular weight is 342 g/mol. The van der Waals surface area contributed by atoms with Crippen LogP contribution < -0.4 is 5.32 Å². The van der Waals surface area contributed by atoms with Gasteiger partial charge in [-0.1, -0.05) is 6.07 Å². The summed E-state index contributed by atoms with van der Waals surface area (Å²) < 4.78 is 36.7. The van der Waals surface area contributed by atoms with Crippen LogP contribution in [-0.2, 0) is 16.3 Å². The number of rotatable bonds is 6. The molecular formula is C15H19FN2O2S2. The second-order valence-corrected chi connectivity index (χ2v) is 8.29. The van der Waals surface area contributed by atoms with E-state index >= 15 is 0 Å². The van der Waals surface area contributed by atoms with E-state index in [9.17, 15) is 12.8 Å². The molecule has 0 radical (unpaired) electrons. The number of aromatic nitrogens is 1. The normalized spacial score (nSPS) is 13.3. The summed E-state index contributed by atoms with van der Waals surface area (Å²) in [5, 5.41) is 6.36. The summed E-state index contributed by atoms with van der Waals surface area (Å²) >= 11 is 1.62. The number of sulfone groups is 1. The first kappa shape index (κ1) is 17.1. The Kier molecular flexibility index (Phi) is 5.31. The molecule has 1 N–H and O–H groups in total. The van der Waals surface area contributed by atoms with Crippen molar-refractivity contribution in [1.29, 1.82) is 0 Å². The second-order valence-electron chi connectivity index (χ2n) is 5.25. The summed E-state index contributed by atoms with van der Waals surface area (Å²) in [7, 11) is -3.53. The van der Waals surface area contributed by atoms with E-state index in [1.807, 2.05) is 19.2 Å². The summed E-state index contributed by atoms with van der Waals surface area (Å²) in [6.07, 6.45) is 1.81. The zero-order valence-electron chi connectivity index (χ0n) is 12.8. The molecule has 0 aliphatic carbocycles. The lowest BCUT2D eigenvalue weighted by Gasteiger charge is -2.14. The molecule has 0 saturated heterocycles. The molecule has 4 nitrogen and oxygen atoms in total. The van der Waals surface area contributed by atoms with Crippen LogP contribution in [0.4, 0.5) is 4.39 Å². The van der Waals surface area contributed by atoms with Gasteiger partial charge in [-0.3, -0.25) is 0 Å². The van der Waals surface area contributed by atoms with Crippen LogP contribution in [-0.4, -0.2) is 26.2 Å². The molecule has 7 heteroatoms. The van der Waals surface area contributed by atoms with E-state index in [0.29, 0.717) is 0 Å². The number of thiazole rings is 1. The summed E-state index contributed by atoms with van der Waals surface area (Å²) in [4.78, 5) is 4.12. The van der Waals surface area contributed by atoms with E-state index in [0.717, 1.165) is 35.5 Å². The lowest BCUT2D eigenvalue weighted by molar-refractivity contribution is 0.550. The Morgan fingerprint density at radius 2 is 2.14 bits per heavy atom. The van der Waals surface area contributed by atoms with Gasteiger partial charge in [0, 0.05) is 30.6 Å². The van der Waals surface area contributed by atoms with Crippen LogP contribution in [0.15, 0.2) is 28.5 Å². The Morgan fingerprint density at radius 3 is 2.68 bits per heavy atom. The summed E-state index contributed by atoms with van der Waals surface area (Å²) in [6, 6.07) is 4.18. The number of aryl methyl sites for hydroxylation is 1. The maximum absolute atomic E-state index is 13.9. The predicted molar refractivity (Wildman–Crippen MR) is 86.5 cm³/mol. The molecular weight excluding hydrogens is 323 g/mol. The van der Waals surface area contributed by atoms with Crippen LogP contribution in [0.1, 0.15) is 29.2 Å². The van der Waals surface area contributed by atoms with Gasteiger partial charge in [0.2, 0.25) is 0 Å². The first-order valence-electron chi connectivity index (χ1n) is 6.91. The zero-order valence-corrected chi connectivity index (χ0v) is 14.4. The minimum absolute atomic E-state index is 0.0668. The minimum atomic E-state index is -3.53. The lowest BCUT2D eigenvalue weighted by Crippen LogP contribution is -2.21. The molecule has 120 valence electrons. The summed E-state index contributed by atoms with van der Waals surface area (Å²) in [6.45, 7) is 4.61. The van der Waals surface area contributed by atoms with Gasteiger partial charge in [0.1, 0.15) is 10.7 Å². The van der Waals surface area contributed by atoms with Crippen LogP contribution in [0.2, 0.25) is 0 Å². The van der Waals surface area contributed by atoms with Crippen molar-refractivity contribution < 1.29 is 12.8 Å². The van der Waals surface area contributed by atoms with E-state index in [2.05, 4.69) is 10.3 Å². The van der Waals surface area contributed by atoms with Crippen LogP contribution in [0.3, 0.4) is 0 Å². The quantitative estimate of drug-likeness (QED) is 0.877. The Balaban J connectivity index is 1.98. The fourth-order valence-corrected chi connectivity index (χ4v) is 3.52. The second kappa shape index (κ2) is 6.85. The molecule has 1 heterocycles. The maximum atomic E-state index is 13.9. The van der Waals surface area contributed by atoms with Crippen molar-refractivity contribution in [2.45, 2.75) is 31.2 Å². The topological polar surface area (TPSA) is 59.1 Å². The van der Waals surface area contributed by atoms with Crippen LogP contribution in [0, 0.1) is 12.7 Å². The Morgan fingerprint density at radius 1 is 1.41 bits per heavy atom. The summed E-state index contributed by atoms with van der Waals surface area (Å²) in [5.41, 5.74) is 1.76. The molecule has 22 heavy (non-hydrogen) atoms. The van der Waals surface area contributed by atoms with Crippen molar-refractivity contribution in [3.8, 4) is 0 Å². The van der Waals surface area contributed by atoms with Gasteiger partial charge in [-0.25, -0.2) is 17.8 Å². The van der Waals surface area contributed by atoms with Crippen molar-refractivity contribution in [1.82, 2.24) is 10.3 Å². The molecule has 0 aliphatic rings. The molecule has 1 atom stereocenters. The van der Waals surface area contributed by atoms with E-state index in [-0.39, 0.29) is 10.9 Å². The number of hydrogen-bond acceptors (Lipinski definition) is 5. The molecule has 1 aromatic carbocycles. The minimum Gasteiger partial charge on any atom is -0.310 e. The van der Waals surface area contributed by atoms with Crippen molar-refractivity contribution in [3.05, 3.63) is 45.7 Å².